The number of aldehydes is 1. The summed E-state index contributed by atoms with van der Waals surface area (Å²) in [6.07, 6.45) is 0.451. The predicted molar refractivity (Wildman–Crippen MR) is 57.1 cm³/mol. The zero-order valence-electron chi connectivity index (χ0n) is 8.43. The van der Waals surface area contributed by atoms with Crippen LogP contribution >= 0.6 is 0 Å². The molecule has 1 unspecified atom stereocenters. The molecule has 1 aromatic rings. The molecule has 80 valence electrons. The van der Waals surface area contributed by atoms with E-state index in [2.05, 4.69) is 0 Å². The fourth-order valence-corrected chi connectivity index (χ4v) is 1.68. The molecular weight excluding hydrogens is 192 g/mol. The highest BCUT2D eigenvalue weighted by Crippen LogP contribution is 2.14. The molecule has 0 radical (unpaired) electrons. The van der Waals surface area contributed by atoms with Crippen LogP contribution < -0.4 is 5.73 Å². The first-order chi connectivity index (χ1) is 7.29. The lowest BCUT2D eigenvalue weighted by atomic mass is 10.2. The third-order valence-corrected chi connectivity index (χ3v) is 2.51. The molecule has 1 atom stereocenters. The summed E-state index contributed by atoms with van der Waals surface area (Å²) in [5.74, 6) is 0. The van der Waals surface area contributed by atoms with Crippen molar-refractivity contribution in [1.29, 1.82) is 0 Å². The third-order valence-electron chi connectivity index (χ3n) is 2.51. The summed E-state index contributed by atoms with van der Waals surface area (Å²) in [5, 5.41) is 0. The van der Waals surface area contributed by atoms with Crippen LogP contribution in [0, 0.1) is 0 Å². The molecule has 4 nitrogen and oxygen atoms in total. The Morgan fingerprint density at radius 1 is 1.47 bits per heavy atom. The number of anilines is 1. The van der Waals surface area contributed by atoms with Gasteiger partial charge in [0.15, 0.2) is 12.5 Å². The molecular formula is C11H14N2O2. The van der Waals surface area contributed by atoms with Crippen molar-refractivity contribution in [3.63, 3.8) is 0 Å². The molecule has 0 saturated carbocycles. The third kappa shape index (κ3) is 2.34. The second kappa shape index (κ2) is 4.42. The van der Waals surface area contributed by atoms with E-state index in [1.807, 2.05) is 29.2 Å². The largest absolute Gasteiger partial charge is 0.399 e. The second-order valence-corrected chi connectivity index (χ2v) is 3.61. The van der Waals surface area contributed by atoms with Crippen LogP contribution in [-0.4, -0.2) is 30.6 Å². The lowest BCUT2D eigenvalue weighted by Gasteiger charge is -2.17. The molecule has 2 rings (SSSR count). The Hall–Kier alpha value is -1.39. The molecule has 15 heavy (non-hydrogen) atoms. The fourth-order valence-electron chi connectivity index (χ4n) is 1.68. The molecule has 0 amide bonds. The summed E-state index contributed by atoms with van der Waals surface area (Å²) in [7, 11) is 0. The number of hydrogen-bond acceptors (Lipinski definition) is 4. The number of nitrogens with two attached hydrogens (primary N) is 1. The number of hydrogen-bond donors (Lipinski definition) is 1. The summed E-state index contributed by atoms with van der Waals surface area (Å²) >= 11 is 0. The van der Waals surface area contributed by atoms with Gasteiger partial charge in [0, 0.05) is 18.8 Å². The summed E-state index contributed by atoms with van der Waals surface area (Å²) in [6.45, 7) is 2.15. The molecule has 4 heteroatoms. The number of benzene rings is 1. The van der Waals surface area contributed by atoms with Gasteiger partial charge in [0.25, 0.3) is 0 Å². The minimum absolute atomic E-state index is 0.387. The standard InChI is InChI=1S/C11H14N2O2/c12-10-3-1-9(2-4-10)7-13-5-6-15-11(13)8-14/h1-4,8,11H,5-7,12H2. The van der Waals surface area contributed by atoms with Gasteiger partial charge in [0.05, 0.1) is 6.61 Å². The molecule has 1 fully saturated rings. The Kier molecular flexibility index (Phi) is 2.99. The second-order valence-electron chi connectivity index (χ2n) is 3.61. The number of carbonyl (C=O) groups is 1. The lowest BCUT2D eigenvalue weighted by Crippen LogP contribution is -2.30. The van der Waals surface area contributed by atoms with Gasteiger partial charge in [0.1, 0.15) is 0 Å². The molecule has 0 spiro atoms. The van der Waals surface area contributed by atoms with Gasteiger partial charge in [0.2, 0.25) is 0 Å². The maximum Gasteiger partial charge on any atom is 0.167 e. The minimum Gasteiger partial charge on any atom is -0.399 e. The Bertz CT molecular complexity index is 337. The number of carbonyl (C=O) groups excluding carboxylic acids is 1. The van der Waals surface area contributed by atoms with E-state index in [4.69, 9.17) is 10.5 Å². The van der Waals surface area contributed by atoms with Crippen LogP contribution in [0.3, 0.4) is 0 Å². The van der Waals surface area contributed by atoms with Gasteiger partial charge >= 0.3 is 0 Å². The van der Waals surface area contributed by atoms with Gasteiger partial charge in [-0.05, 0) is 17.7 Å². The zero-order chi connectivity index (χ0) is 10.7. The van der Waals surface area contributed by atoms with Crippen molar-refractivity contribution >= 4 is 12.0 Å². The Balaban J connectivity index is 2.02. The van der Waals surface area contributed by atoms with Gasteiger partial charge in [-0.25, -0.2) is 0 Å². The molecule has 1 aliphatic heterocycles. The zero-order valence-corrected chi connectivity index (χ0v) is 8.43. The van der Waals surface area contributed by atoms with Gasteiger partial charge in [-0.15, -0.1) is 0 Å². The van der Waals surface area contributed by atoms with Crippen LogP contribution in [-0.2, 0) is 16.1 Å². The highest BCUT2D eigenvalue weighted by molar-refractivity contribution is 5.55. The van der Waals surface area contributed by atoms with E-state index in [1.165, 1.54) is 0 Å². The van der Waals surface area contributed by atoms with Crippen molar-refractivity contribution in [2.24, 2.45) is 0 Å². The highest BCUT2D eigenvalue weighted by atomic mass is 16.5. The van der Waals surface area contributed by atoms with Crippen molar-refractivity contribution in [2.75, 3.05) is 18.9 Å². The summed E-state index contributed by atoms with van der Waals surface area (Å²) in [5.41, 5.74) is 7.49. The van der Waals surface area contributed by atoms with Gasteiger partial charge < -0.3 is 10.5 Å². The van der Waals surface area contributed by atoms with Gasteiger partial charge in [-0.2, -0.15) is 0 Å². The van der Waals surface area contributed by atoms with Crippen molar-refractivity contribution in [1.82, 2.24) is 4.90 Å². The average Bonchev–Trinajstić information content (AvgIpc) is 2.69. The minimum atomic E-state index is -0.387. The Morgan fingerprint density at radius 3 is 2.87 bits per heavy atom. The maximum absolute atomic E-state index is 10.7. The van der Waals surface area contributed by atoms with Crippen LogP contribution in [0.1, 0.15) is 5.56 Å². The monoisotopic (exact) mass is 206 g/mol. The maximum atomic E-state index is 10.7. The van der Waals surface area contributed by atoms with E-state index in [1.54, 1.807) is 0 Å². The van der Waals surface area contributed by atoms with Gasteiger partial charge in [-0.1, -0.05) is 12.1 Å². The first kappa shape index (κ1) is 10.1. The normalized spacial score (nSPS) is 21.7. The summed E-state index contributed by atoms with van der Waals surface area (Å²) in [4.78, 5) is 12.7. The Morgan fingerprint density at radius 2 is 2.20 bits per heavy atom. The van der Waals surface area contributed by atoms with E-state index in [0.29, 0.717) is 6.61 Å². The molecule has 1 aliphatic rings. The number of nitrogen functional groups attached to an aromatic ring is 1. The quantitative estimate of drug-likeness (QED) is 0.582. The Labute approximate surface area is 88.6 Å². The smallest absolute Gasteiger partial charge is 0.167 e. The van der Waals surface area contributed by atoms with Crippen molar-refractivity contribution in [2.45, 2.75) is 12.8 Å². The van der Waals surface area contributed by atoms with Crippen molar-refractivity contribution in [3.8, 4) is 0 Å². The predicted octanol–water partition coefficient (Wildman–Crippen LogP) is 0.626. The van der Waals surface area contributed by atoms with Crippen molar-refractivity contribution in [3.05, 3.63) is 29.8 Å². The van der Waals surface area contributed by atoms with E-state index in [0.717, 1.165) is 30.6 Å². The number of nitrogens with zero attached hydrogens (tertiary/aromatic N) is 1. The average molecular weight is 206 g/mol. The summed E-state index contributed by atoms with van der Waals surface area (Å²) < 4.78 is 5.24. The van der Waals surface area contributed by atoms with E-state index in [-0.39, 0.29) is 6.23 Å². The lowest BCUT2D eigenvalue weighted by molar-refractivity contribution is -0.121. The molecule has 2 N–H and O–H groups in total. The van der Waals surface area contributed by atoms with Gasteiger partial charge in [-0.3, -0.25) is 9.69 Å². The van der Waals surface area contributed by atoms with Crippen LogP contribution in [0.15, 0.2) is 24.3 Å². The van der Waals surface area contributed by atoms with E-state index >= 15 is 0 Å². The molecule has 1 saturated heterocycles. The highest BCUT2D eigenvalue weighted by Gasteiger charge is 2.24. The molecule has 1 heterocycles. The van der Waals surface area contributed by atoms with Crippen LogP contribution in [0.5, 0.6) is 0 Å². The fraction of sp³-hybridized carbons (Fsp3) is 0.364. The SMILES string of the molecule is Nc1ccc(CN2CCOC2C=O)cc1. The molecule has 0 aliphatic carbocycles. The first-order valence-corrected chi connectivity index (χ1v) is 4.95. The van der Waals surface area contributed by atoms with Crippen LogP contribution in [0.2, 0.25) is 0 Å². The molecule has 0 aromatic heterocycles. The first-order valence-electron chi connectivity index (χ1n) is 4.95. The van der Waals surface area contributed by atoms with E-state index in [9.17, 15) is 4.79 Å². The topological polar surface area (TPSA) is 55.6 Å². The van der Waals surface area contributed by atoms with Crippen molar-refractivity contribution < 1.29 is 9.53 Å². The summed E-state index contributed by atoms with van der Waals surface area (Å²) in [6, 6.07) is 7.66. The van der Waals surface area contributed by atoms with Crippen LogP contribution in [0.4, 0.5) is 5.69 Å². The number of rotatable bonds is 3. The molecule has 1 aromatic carbocycles. The van der Waals surface area contributed by atoms with Crippen LogP contribution in [0.25, 0.3) is 0 Å². The molecule has 0 bridgehead atoms. The number of ether oxygens (including phenoxy) is 1. The van der Waals surface area contributed by atoms with E-state index < -0.39 is 0 Å².